The lowest BCUT2D eigenvalue weighted by Crippen LogP contribution is -2.39. The van der Waals surface area contributed by atoms with Crippen LogP contribution in [0.2, 0.25) is 0 Å². The molecule has 1 rings (SSSR count). The van der Waals surface area contributed by atoms with Crippen LogP contribution in [0.25, 0.3) is 0 Å². The number of anilines is 2. The minimum Gasteiger partial charge on any atom is -0.373 e. The minimum absolute atomic E-state index is 0.115. The van der Waals surface area contributed by atoms with Crippen molar-refractivity contribution >= 4 is 17.5 Å². The Labute approximate surface area is 127 Å². The van der Waals surface area contributed by atoms with Crippen molar-refractivity contribution in [2.45, 2.75) is 33.6 Å². The fourth-order valence-corrected chi connectivity index (χ4v) is 2.10. The molecule has 0 fully saturated rings. The van der Waals surface area contributed by atoms with Gasteiger partial charge in [-0.1, -0.05) is 6.92 Å². The standard InChI is InChI=1S/C15H27N5O/c1-6-9-12-17-13(16-4)10-14(18-12)19(5)11-15(21)20(7-2)8-3/h10H,6-9,11H2,1-5H3,(H,16,17,18). The average Bonchev–Trinajstić information content (AvgIpc) is 2.48. The third-order valence-electron chi connectivity index (χ3n) is 3.37. The summed E-state index contributed by atoms with van der Waals surface area (Å²) in [4.78, 5) is 24.8. The van der Waals surface area contributed by atoms with E-state index in [1.165, 1.54) is 0 Å². The van der Waals surface area contributed by atoms with Gasteiger partial charge in [0, 0.05) is 39.7 Å². The molecule has 0 atom stereocenters. The van der Waals surface area contributed by atoms with Crippen molar-refractivity contribution in [3.05, 3.63) is 11.9 Å². The van der Waals surface area contributed by atoms with Crippen molar-refractivity contribution in [2.75, 3.05) is 43.9 Å². The van der Waals surface area contributed by atoms with E-state index in [-0.39, 0.29) is 5.91 Å². The average molecular weight is 293 g/mol. The summed E-state index contributed by atoms with van der Waals surface area (Å²) in [5, 5.41) is 3.05. The van der Waals surface area contributed by atoms with E-state index in [0.29, 0.717) is 6.54 Å². The zero-order chi connectivity index (χ0) is 15.8. The second kappa shape index (κ2) is 8.44. The van der Waals surface area contributed by atoms with Crippen molar-refractivity contribution in [3.8, 4) is 0 Å². The Morgan fingerprint density at radius 2 is 1.90 bits per heavy atom. The molecule has 1 amide bonds. The largest absolute Gasteiger partial charge is 0.373 e. The maximum Gasteiger partial charge on any atom is 0.242 e. The van der Waals surface area contributed by atoms with Crippen molar-refractivity contribution < 1.29 is 4.79 Å². The maximum atomic E-state index is 12.2. The molecule has 1 N–H and O–H groups in total. The number of likely N-dealkylation sites (N-methyl/N-ethyl adjacent to an activating group) is 2. The van der Waals surface area contributed by atoms with Gasteiger partial charge in [-0.15, -0.1) is 0 Å². The Balaban J connectivity index is 2.87. The van der Waals surface area contributed by atoms with Crippen LogP contribution in [0.3, 0.4) is 0 Å². The van der Waals surface area contributed by atoms with Crippen molar-refractivity contribution in [3.63, 3.8) is 0 Å². The van der Waals surface area contributed by atoms with E-state index in [4.69, 9.17) is 0 Å². The van der Waals surface area contributed by atoms with Gasteiger partial charge in [-0.2, -0.15) is 0 Å². The van der Waals surface area contributed by atoms with Crippen LogP contribution in [0.15, 0.2) is 6.07 Å². The van der Waals surface area contributed by atoms with Gasteiger partial charge in [-0.05, 0) is 20.3 Å². The molecule has 0 radical (unpaired) electrons. The zero-order valence-electron chi connectivity index (χ0n) is 13.8. The van der Waals surface area contributed by atoms with Gasteiger partial charge in [0.1, 0.15) is 17.5 Å². The summed E-state index contributed by atoms with van der Waals surface area (Å²) < 4.78 is 0. The molecule has 118 valence electrons. The van der Waals surface area contributed by atoms with Crippen LogP contribution < -0.4 is 10.2 Å². The summed E-state index contributed by atoms with van der Waals surface area (Å²) >= 11 is 0. The van der Waals surface area contributed by atoms with Gasteiger partial charge >= 0.3 is 0 Å². The van der Waals surface area contributed by atoms with Gasteiger partial charge in [0.25, 0.3) is 0 Å². The molecule has 0 aromatic carbocycles. The van der Waals surface area contributed by atoms with Gasteiger partial charge in [-0.3, -0.25) is 4.79 Å². The molecule has 1 heterocycles. The Hall–Kier alpha value is -1.85. The maximum absolute atomic E-state index is 12.2. The highest BCUT2D eigenvalue weighted by Gasteiger charge is 2.15. The topological polar surface area (TPSA) is 61.4 Å². The summed E-state index contributed by atoms with van der Waals surface area (Å²) in [6.07, 6.45) is 1.83. The van der Waals surface area contributed by atoms with Crippen molar-refractivity contribution in [1.82, 2.24) is 14.9 Å². The smallest absolute Gasteiger partial charge is 0.242 e. The summed E-state index contributed by atoms with van der Waals surface area (Å²) in [6, 6.07) is 1.87. The van der Waals surface area contributed by atoms with E-state index in [1.54, 1.807) is 0 Å². The fraction of sp³-hybridized carbons (Fsp3) is 0.667. The predicted octanol–water partition coefficient (Wildman–Crippen LogP) is 1.78. The molecule has 0 saturated carbocycles. The number of aromatic nitrogens is 2. The Morgan fingerprint density at radius 1 is 1.24 bits per heavy atom. The van der Waals surface area contributed by atoms with E-state index in [0.717, 1.165) is 43.4 Å². The minimum atomic E-state index is 0.115. The van der Waals surface area contributed by atoms with Crippen LogP contribution in [0.5, 0.6) is 0 Å². The lowest BCUT2D eigenvalue weighted by Gasteiger charge is -2.24. The van der Waals surface area contributed by atoms with E-state index in [2.05, 4.69) is 22.2 Å². The van der Waals surface area contributed by atoms with Crippen LogP contribution in [-0.2, 0) is 11.2 Å². The number of carbonyl (C=O) groups is 1. The van der Waals surface area contributed by atoms with E-state index >= 15 is 0 Å². The first kappa shape index (κ1) is 17.2. The van der Waals surface area contributed by atoms with E-state index in [9.17, 15) is 4.79 Å². The number of carbonyl (C=O) groups excluding carboxylic acids is 1. The third-order valence-corrected chi connectivity index (χ3v) is 3.37. The molecular formula is C15H27N5O. The normalized spacial score (nSPS) is 10.3. The first-order chi connectivity index (χ1) is 10.0. The first-order valence-electron chi connectivity index (χ1n) is 7.60. The van der Waals surface area contributed by atoms with Crippen molar-refractivity contribution in [1.29, 1.82) is 0 Å². The molecule has 0 unspecified atom stereocenters. The van der Waals surface area contributed by atoms with Gasteiger partial charge in [0.2, 0.25) is 5.91 Å². The summed E-state index contributed by atoms with van der Waals surface area (Å²) in [7, 11) is 3.72. The van der Waals surface area contributed by atoms with Gasteiger partial charge in [-0.25, -0.2) is 9.97 Å². The first-order valence-corrected chi connectivity index (χ1v) is 7.60. The molecule has 0 aliphatic rings. The Morgan fingerprint density at radius 3 is 2.43 bits per heavy atom. The lowest BCUT2D eigenvalue weighted by molar-refractivity contribution is -0.129. The van der Waals surface area contributed by atoms with Gasteiger partial charge in [0.05, 0.1) is 6.54 Å². The number of nitrogens with one attached hydrogen (secondary N) is 1. The lowest BCUT2D eigenvalue weighted by atomic mass is 10.3. The monoisotopic (exact) mass is 293 g/mol. The number of amides is 1. The number of hydrogen-bond donors (Lipinski definition) is 1. The summed E-state index contributed by atoms with van der Waals surface area (Å²) in [6.45, 7) is 7.87. The highest BCUT2D eigenvalue weighted by atomic mass is 16.2. The number of aryl methyl sites for hydroxylation is 1. The number of rotatable bonds is 8. The van der Waals surface area contributed by atoms with E-state index in [1.807, 2.05) is 43.8 Å². The quantitative estimate of drug-likeness (QED) is 0.791. The Kier molecular flexibility index (Phi) is 6.91. The second-order valence-corrected chi connectivity index (χ2v) is 4.95. The highest BCUT2D eigenvalue weighted by Crippen LogP contribution is 2.15. The fourth-order valence-electron chi connectivity index (χ4n) is 2.10. The molecule has 21 heavy (non-hydrogen) atoms. The van der Waals surface area contributed by atoms with Crippen LogP contribution in [0, 0.1) is 0 Å². The third kappa shape index (κ3) is 4.88. The molecule has 0 aliphatic heterocycles. The van der Waals surface area contributed by atoms with Crippen LogP contribution in [-0.4, -0.2) is 54.5 Å². The van der Waals surface area contributed by atoms with Crippen molar-refractivity contribution in [2.24, 2.45) is 0 Å². The molecule has 0 bridgehead atoms. The molecule has 6 nitrogen and oxygen atoms in total. The number of nitrogens with zero attached hydrogens (tertiary/aromatic N) is 4. The summed E-state index contributed by atoms with van der Waals surface area (Å²) in [5.41, 5.74) is 0. The molecular weight excluding hydrogens is 266 g/mol. The second-order valence-electron chi connectivity index (χ2n) is 4.95. The van der Waals surface area contributed by atoms with Gasteiger partial charge < -0.3 is 15.1 Å². The molecule has 0 aliphatic carbocycles. The molecule has 0 spiro atoms. The number of hydrogen-bond acceptors (Lipinski definition) is 5. The molecule has 1 aromatic heterocycles. The Bertz CT molecular complexity index is 459. The SMILES string of the molecule is CCCc1nc(NC)cc(N(C)CC(=O)N(CC)CC)n1. The molecule has 6 heteroatoms. The zero-order valence-corrected chi connectivity index (χ0v) is 13.8. The highest BCUT2D eigenvalue weighted by molar-refractivity contribution is 5.81. The molecule has 0 saturated heterocycles. The van der Waals surface area contributed by atoms with Crippen LogP contribution in [0.4, 0.5) is 11.6 Å². The van der Waals surface area contributed by atoms with Gasteiger partial charge in [0.15, 0.2) is 0 Å². The van der Waals surface area contributed by atoms with Crippen LogP contribution >= 0.6 is 0 Å². The van der Waals surface area contributed by atoms with E-state index < -0.39 is 0 Å². The molecule has 1 aromatic rings. The summed E-state index contributed by atoms with van der Waals surface area (Å²) in [5.74, 6) is 2.48. The van der Waals surface area contributed by atoms with Crippen LogP contribution in [0.1, 0.15) is 33.0 Å². The predicted molar refractivity (Wildman–Crippen MR) is 86.8 cm³/mol.